The Hall–Kier alpha value is -0.0800. The predicted molar refractivity (Wildman–Crippen MR) is 82.7 cm³/mol. The summed E-state index contributed by atoms with van der Waals surface area (Å²) >= 11 is 0. The van der Waals surface area contributed by atoms with Gasteiger partial charge in [-0.1, -0.05) is 20.8 Å². The molecule has 0 aliphatic heterocycles. The monoisotopic (exact) mass is 266 g/mol. The smallest absolute Gasteiger partial charge is 0.00647 e. The highest BCUT2D eigenvalue weighted by Gasteiger charge is 2.31. The molecule has 0 spiro atoms. The highest BCUT2D eigenvalue weighted by Crippen LogP contribution is 2.39. The summed E-state index contributed by atoms with van der Waals surface area (Å²) in [6.07, 6.45) is 9.32. The van der Waals surface area contributed by atoms with Crippen molar-refractivity contribution in [3.63, 3.8) is 0 Å². The van der Waals surface area contributed by atoms with E-state index in [1.807, 2.05) is 0 Å². The molecule has 112 valence electrons. The summed E-state index contributed by atoms with van der Waals surface area (Å²) in [6.45, 7) is 7.15. The highest BCUT2D eigenvalue weighted by atomic mass is 14.7. The lowest BCUT2D eigenvalue weighted by Gasteiger charge is -2.38. The number of hydrogen-bond donors (Lipinski definition) is 2. The number of rotatable bonds is 3. The van der Waals surface area contributed by atoms with Crippen molar-refractivity contribution in [3.05, 3.63) is 0 Å². The third-order valence-corrected chi connectivity index (χ3v) is 6.13. The van der Waals surface area contributed by atoms with Gasteiger partial charge in [-0.25, -0.2) is 0 Å². The second kappa shape index (κ2) is 6.58. The van der Waals surface area contributed by atoms with E-state index in [9.17, 15) is 0 Å². The van der Waals surface area contributed by atoms with E-state index < -0.39 is 0 Å². The van der Waals surface area contributed by atoms with Crippen LogP contribution in [0.3, 0.4) is 0 Å². The lowest BCUT2D eigenvalue weighted by molar-refractivity contribution is 0.147. The second-order valence-electron chi connectivity index (χ2n) is 7.75. The molecular formula is C17H34N2. The minimum absolute atomic E-state index is 0.455. The second-order valence-corrected chi connectivity index (χ2v) is 7.75. The Morgan fingerprint density at radius 3 is 2.05 bits per heavy atom. The lowest BCUT2D eigenvalue weighted by atomic mass is 9.69. The van der Waals surface area contributed by atoms with E-state index in [-0.39, 0.29) is 0 Å². The van der Waals surface area contributed by atoms with Crippen LogP contribution in [0, 0.1) is 29.6 Å². The van der Waals surface area contributed by atoms with E-state index in [0.29, 0.717) is 12.1 Å². The van der Waals surface area contributed by atoms with E-state index in [2.05, 4.69) is 20.8 Å². The summed E-state index contributed by atoms with van der Waals surface area (Å²) in [4.78, 5) is 0. The molecule has 0 aromatic rings. The first-order valence-electron chi connectivity index (χ1n) is 8.48. The van der Waals surface area contributed by atoms with Crippen LogP contribution in [-0.4, -0.2) is 12.1 Å². The van der Waals surface area contributed by atoms with Crippen LogP contribution in [0.2, 0.25) is 0 Å². The highest BCUT2D eigenvalue weighted by molar-refractivity contribution is 4.85. The summed E-state index contributed by atoms with van der Waals surface area (Å²) < 4.78 is 0. The van der Waals surface area contributed by atoms with Crippen LogP contribution in [0.5, 0.6) is 0 Å². The molecule has 4 N–H and O–H groups in total. The van der Waals surface area contributed by atoms with Crippen LogP contribution in [0.25, 0.3) is 0 Å². The van der Waals surface area contributed by atoms with E-state index in [1.165, 1.54) is 44.9 Å². The molecular weight excluding hydrogens is 232 g/mol. The minimum Gasteiger partial charge on any atom is -0.327 e. The number of hydrogen-bond acceptors (Lipinski definition) is 2. The molecule has 7 atom stereocenters. The van der Waals surface area contributed by atoms with Crippen LogP contribution >= 0.6 is 0 Å². The minimum atomic E-state index is 0.455. The van der Waals surface area contributed by atoms with Crippen molar-refractivity contribution < 1.29 is 0 Å². The van der Waals surface area contributed by atoms with Gasteiger partial charge in [-0.3, -0.25) is 0 Å². The van der Waals surface area contributed by atoms with Crippen LogP contribution in [-0.2, 0) is 0 Å². The zero-order chi connectivity index (χ0) is 14.0. The zero-order valence-electron chi connectivity index (χ0n) is 13.1. The van der Waals surface area contributed by atoms with Crippen molar-refractivity contribution in [3.8, 4) is 0 Å². The Morgan fingerprint density at radius 1 is 0.895 bits per heavy atom. The third kappa shape index (κ3) is 3.95. The molecule has 0 aromatic heterocycles. The normalized spacial score (nSPS) is 45.9. The van der Waals surface area contributed by atoms with Gasteiger partial charge < -0.3 is 11.5 Å². The standard InChI is InChI=1S/C17H34N2/c1-11(15-5-7-17(19)13(3)10-15)8-14-4-6-16(18)12(2)9-14/h11-17H,4-10,18-19H2,1-3H3. The van der Waals surface area contributed by atoms with Gasteiger partial charge in [0, 0.05) is 12.1 Å². The Balaban J connectivity index is 1.79. The van der Waals surface area contributed by atoms with Gasteiger partial charge in [0.05, 0.1) is 0 Å². The molecule has 2 aliphatic rings. The van der Waals surface area contributed by atoms with Crippen molar-refractivity contribution in [2.75, 3.05) is 0 Å². The van der Waals surface area contributed by atoms with Crippen molar-refractivity contribution in [2.24, 2.45) is 41.1 Å². The van der Waals surface area contributed by atoms with Gasteiger partial charge >= 0.3 is 0 Å². The summed E-state index contributed by atoms with van der Waals surface area (Å²) in [5.41, 5.74) is 12.3. The van der Waals surface area contributed by atoms with Crippen molar-refractivity contribution in [2.45, 2.75) is 77.8 Å². The van der Waals surface area contributed by atoms with E-state index >= 15 is 0 Å². The first kappa shape index (κ1) is 15.3. The average molecular weight is 266 g/mol. The van der Waals surface area contributed by atoms with Gasteiger partial charge in [-0.05, 0) is 74.5 Å². The molecule has 2 heteroatoms. The van der Waals surface area contributed by atoms with Gasteiger partial charge in [0.25, 0.3) is 0 Å². The molecule has 19 heavy (non-hydrogen) atoms. The maximum absolute atomic E-state index is 6.14. The molecule has 0 bridgehead atoms. The molecule has 2 aliphatic carbocycles. The largest absolute Gasteiger partial charge is 0.327 e. The summed E-state index contributed by atoms with van der Waals surface area (Å²) in [5.74, 6) is 4.17. The van der Waals surface area contributed by atoms with Crippen molar-refractivity contribution in [1.82, 2.24) is 0 Å². The molecule has 0 aromatic carbocycles. The first-order valence-corrected chi connectivity index (χ1v) is 8.48. The van der Waals surface area contributed by atoms with Crippen LogP contribution in [0.15, 0.2) is 0 Å². The predicted octanol–water partition coefficient (Wildman–Crippen LogP) is 3.54. The van der Waals surface area contributed by atoms with Crippen LogP contribution in [0.4, 0.5) is 0 Å². The SMILES string of the molecule is CC1CC(CC(C)C2CCC(N)C(C)C2)CCC1N. The third-order valence-electron chi connectivity index (χ3n) is 6.13. The quantitative estimate of drug-likeness (QED) is 0.821. The maximum atomic E-state index is 6.14. The Kier molecular flexibility index (Phi) is 5.30. The number of nitrogens with two attached hydrogens (primary N) is 2. The maximum Gasteiger partial charge on any atom is 0.00647 e. The molecule has 2 fully saturated rings. The molecule has 2 nitrogen and oxygen atoms in total. The average Bonchev–Trinajstić information content (AvgIpc) is 2.37. The van der Waals surface area contributed by atoms with Crippen LogP contribution in [0.1, 0.15) is 65.7 Å². The summed E-state index contributed by atoms with van der Waals surface area (Å²) in [6, 6.07) is 0.912. The van der Waals surface area contributed by atoms with Gasteiger partial charge in [-0.2, -0.15) is 0 Å². The fourth-order valence-electron chi connectivity index (χ4n) is 4.44. The molecule has 0 saturated heterocycles. The zero-order valence-corrected chi connectivity index (χ0v) is 13.1. The van der Waals surface area contributed by atoms with Gasteiger partial charge in [0.15, 0.2) is 0 Å². The first-order chi connectivity index (χ1) is 8.97. The Bertz CT molecular complexity index is 278. The molecule has 0 radical (unpaired) electrons. The lowest BCUT2D eigenvalue weighted by Crippen LogP contribution is -2.37. The van der Waals surface area contributed by atoms with Crippen molar-refractivity contribution in [1.29, 1.82) is 0 Å². The molecule has 0 amide bonds. The Labute approximate surface area is 119 Å². The van der Waals surface area contributed by atoms with Crippen molar-refractivity contribution >= 4 is 0 Å². The van der Waals surface area contributed by atoms with E-state index in [0.717, 1.165) is 29.6 Å². The molecule has 2 saturated carbocycles. The molecule has 7 unspecified atom stereocenters. The van der Waals surface area contributed by atoms with Gasteiger partial charge in [-0.15, -0.1) is 0 Å². The van der Waals surface area contributed by atoms with Crippen LogP contribution < -0.4 is 11.5 Å². The van der Waals surface area contributed by atoms with E-state index in [4.69, 9.17) is 11.5 Å². The Morgan fingerprint density at radius 2 is 1.47 bits per heavy atom. The molecule has 2 rings (SSSR count). The summed E-state index contributed by atoms with van der Waals surface area (Å²) in [7, 11) is 0. The fourth-order valence-corrected chi connectivity index (χ4v) is 4.44. The van der Waals surface area contributed by atoms with E-state index in [1.54, 1.807) is 0 Å². The van der Waals surface area contributed by atoms with Gasteiger partial charge in [0.2, 0.25) is 0 Å². The van der Waals surface area contributed by atoms with Gasteiger partial charge in [0.1, 0.15) is 0 Å². The molecule has 0 heterocycles. The fraction of sp³-hybridized carbons (Fsp3) is 1.00. The summed E-state index contributed by atoms with van der Waals surface area (Å²) in [5, 5.41) is 0. The topological polar surface area (TPSA) is 52.0 Å².